The Balaban J connectivity index is 2.13. The molecule has 29 heavy (non-hydrogen) atoms. The molecule has 1 aromatic heterocycles. The first-order valence-corrected chi connectivity index (χ1v) is 10.1. The first kappa shape index (κ1) is 21.0. The smallest absolute Gasteiger partial charge is 0.138 e. The van der Waals surface area contributed by atoms with Crippen LogP contribution in [-0.2, 0) is 30.6 Å². The molecule has 6 nitrogen and oxygen atoms in total. The van der Waals surface area contributed by atoms with Gasteiger partial charge in [-0.2, -0.15) is 5.26 Å². The Morgan fingerprint density at radius 2 is 2.03 bits per heavy atom. The average molecular weight is 397 g/mol. The molecule has 0 spiro atoms. The van der Waals surface area contributed by atoms with E-state index in [4.69, 9.17) is 15.5 Å². The first-order valence-electron chi connectivity index (χ1n) is 10.1. The van der Waals surface area contributed by atoms with Gasteiger partial charge >= 0.3 is 0 Å². The number of benzene rings is 1. The molecule has 1 aliphatic rings. The van der Waals surface area contributed by atoms with Crippen LogP contribution >= 0.6 is 0 Å². The van der Waals surface area contributed by atoms with E-state index in [0.717, 1.165) is 41.0 Å². The maximum Gasteiger partial charge on any atom is 0.138 e. The highest BCUT2D eigenvalue weighted by Crippen LogP contribution is 2.31. The Morgan fingerprint density at radius 1 is 1.28 bits per heavy atom. The normalized spacial score (nSPS) is 14.0. The van der Waals surface area contributed by atoms with Crippen molar-refractivity contribution in [1.82, 2.24) is 9.97 Å². The van der Waals surface area contributed by atoms with Crippen LogP contribution in [0.5, 0.6) is 0 Å². The molecule has 2 heterocycles. The van der Waals surface area contributed by atoms with Crippen LogP contribution in [0.3, 0.4) is 0 Å². The maximum atomic E-state index is 13.5. The van der Waals surface area contributed by atoms with Crippen molar-refractivity contribution in [3.8, 4) is 6.07 Å². The highest BCUT2D eigenvalue weighted by molar-refractivity contribution is 5.62. The first-order chi connectivity index (χ1) is 14.0. The van der Waals surface area contributed by atoms with Crippen molar-refractivity contribution in [2.75, 3.05) is 30.8 Å². The number of hydrogen-bond acceptors (Lipinski definition) is 6. The summed E-state index contributed by atoms with van der Waals surface area (Å²) in [6.45, 7) is 5.10. The predicted molar refractivity (Wildman–Crippen MR) is 112 cm³/mol. The third kappa shape index (κ3) is 4.33. The summed E-state index contributed by atoms with van der Waals surface area (Å²) in [7, 11) is 1.62. The number of hydrogen-bond donors (Lipinski definition) is 1. The van der Waals surface area contributed by atoms with Crippen molar-refractivity contribution in [2.24, 2.45) is 0 Å². The summed E-state index contributed by atoms with van der Waals surface area (Å²) >= 11 is 0. The lowest BCUT2D eigenvalue weighted by Crippen LogP contribution is -2.49. The van der Waals surface area contributed by atoms with Crippen LogP contribution in [0, 0.1) is 11.3 Å². The number of nitrogens with two attached hydrogens (primary N) is 1. The van der Waals surface area contributed by atoms with Gasteiger partial charge in [0.1, 0.15) is 23.9 Å². The average Bonchev–Trinajstić information content (AvgIpc) is 2.69. The largest absolute Gasteiger partial charge is 0.398 e. The van der Waals surface area contributed by atoms with Gasteiger partial charge in [0.25, 0.3) is 0 Å². The standard InChI is InChI=1S/C22H28FN5O/c1-4-6-14-7-8-19(25)17(10-24)16(14)9-20-18(13-29-3)22(27-21(5-2)26-20)28-11-15(23)12-28/h7-8,15H,4-6,9,11-13,25H2,1-3H3. The summed E-state index contributed by atoms with van der Waals surface area (Å²) in [6.07, 6.45) is 2.14. The Bertz CT molecular complexity index is 918. The van der Waals surface area contributed by atoms with Crippen LogP contribution in [-0.4, -0.2) is 36.3 Å². The van der Waals surface area contributed by atoms with E-state index in [1.54, 1.807) is 13.2 Å². The molecule has 0 saturated carbocycles. The summed E-state index contributed by atoms with van der Waals surface area (Å²) in [6, 6.07) is 6.06. The number of nitrogens with zero attached hydrogens (tertiary/aromatic N) is 4. The molecule has 0 bridgehead atoms. The number of nitriles is 1. The number of anilines is 2. The minimum atomic E-state index is -0.829. The molecule has 154 valence electrons. The molecule has 0 radical (unpaired) electrons. The van der Waals surface area contributed by atoms with Crippen molar-refractivity contribution >= 4 is 11.5 Å². The molecule has 1 aliphatic heterocycles. The van der Waals surface area contributed by atoms with Gasteiger partial charge in [0, 0.05) is 31.2 Å². The zero-order chi connectivity index (χ0) is 21.0. The van der Waals surface area contributed by atoms with Gasteiger partial charge in [0.05, 0.1) is 31.0 Å². The highest BCUT2D eigenvalue weighted by Gasteiger charge is 2.31. The van der Waals surface area contributed by atoms with Gasteiger partial charge in [0.15, 0.2) is 0 Å². The molecule has 0 unspecified atom stereocenters. The van der Waals surface area contributed by atoms with E-state index in [9.17, 15) is 9.65 Å². The van der Waals surface area contributed by atoms with Crippen LogP contribution in [0.4, 0.5) is 15.9 Å². The topological polar surface area (TPSA) is 88.1 Å². The van der Waals surface area contributed by atoms with Crippen LogP contribution in [0.2, 0.25) is 0 Å². The second kappa shape index (κ2) is 9.19. The fourth-order valence-electron chi connectivity index (χ4n) is 3.74. The number of nitrogen functional groups attached to an aromatic ring is 1. The number of rotatable bonds is 8. The van der Waals surface area contributed by atoms with Gasteiger partial charge in [-0.15, -0.1) is 0 Å². The number of halogens is 1. The second-order valence-corrected chi connectivity index (χ2v) is 7.38. The Kier molecular flexibility index (Phi) is 6.65. The molecule has 2 N–H and O–H groups in total. The van der Waals surface area contributed by atoms with Gasteiger partial charge in [-0.25, -0.2) is 14.4 Å². The van der Waals surface area contributed by atoms with Crippen molar-refractivity contribution in [3.05, 3.63) is 45.9 Å². The Labute approximate surface area is 171 Å². The predicted octanol–water partition coefficient (Wildman–Crippen LogP) is 3.34. The van der Waals surface area contributed by atoms with Crippen molar-refractivity contribution < 1.29 is 9.13 Å². The van der Waals surface area contributed by atoms with E-state index in [2.05, 4.69) is 18.0 Å². The minimum absolute atomic E-state index is 0.329. The van der Waals surface area contributed by atoms with Gasteiger partial charge in [-0.3, -0.25) is 0 Å². The van der Waals surface area contributed by atoms with E-state index < -0.39 is 6.17 Å². The van der Waals surface area contributed by atoms with Crippen molar-refractivity contribution in [3.63, 3.8) is 0 Å². The molecule has 1 fully saturated rings. The van der Waals surface area contributed by atoms with E-state index in [1.165, 1.54) is 0 Å². The summed E-state index contributed by atoms with van der Waals surface area (Å²) in [5.41, 5.74) is 10.8. The number of alkyl halides is 1. The Hall–Kier alpha value is -2.72. The fraction of sp³-hybridized carbons (Fsp3) is 0.500. The van der Waals surface area contributed by atoms with Gasteiger partial charge in [-0.1, -0.05) is 26.3 Å². The molecule has 0 atom stereocenters. The van der Waals surface area contributed by atoms with E-state index in [0.29, 0.717) is 49.6 Å². The van der Waals surface area contributed by atoms with Crippen LogP contribution in [0.1, 0.15) is 54.0 Å². The number of aromatic nitrogens is 2. The zero-order valence-corrected chi connectivity index (χ0v) is 17.3. The van der Waals surface area contributed by atoms with Crippen LogP contribution in [0.25, 0.3) is 0 Å². The lowest BCUT2D eigenvalue weighted by Gasteiger charge is -2.37. The molecule has 2 aromatic rings. The summed E-state index contributed by atoms with van der Waals surface area (Å²) < 4.78 is 18.9. The molecule has 0 aliphatic carbocycles. The summed E-state index contributed by atoms with van der Waals surface area (Å²) in [5, 5.41) is 9.73. The number of ether oxygens (including phenoxy) is 1. The molecule has 1 aromatic carbocycles. The van der Waals surface area contributed by atoms with Crippen LogP contribution < -0.4 is 10.6 Å². The fourth-order valence-corrected chi connectivity index (χ4v) is 3.74. The third-order valence-electron chi connectivity index (χ3n) is 5.28. The number of methoxy groups -OCH3 is 1. The Morgan fingerprint density at radius 3 is 2.62 bits per heavy atom. The van der Waals surface area contributed by atoms with E-state index in [1.807, 2.05) is 17.9 Å². The minimum Gasteiger partial charge on any atom is -0.398 e. The molecule has 3 rings (SSSR count). The number of aryl methyl sites for hydroxylation is 2. The highest BCUT2D eigenvalue weighted by atomic mass is 19.1. The van der Waals surface area contributed by atoms with Gasteiger partial charge < -0.3 is 15.4 Å². The third-order valence-corrected chi connectivity index (χ3v) is 5.28. The lowest BCUT2D eigenvalue weighted by atomic mass is 9.92. The molecule has 7 heteroatoms. The van der Waals surface area contributed by atoms with E-state index in [-0.39, 0.29) is 0 Å². The molecule has 1 saturated heterocycles. The summed E-state index contributed by atoms with van der Waals surface area (Å²) in [4.78, 5) is 11.4. The SMILES string of the molecule is CCCc1ccc(N)c(C#N)c1Cc1nc(CC)nc(N2CC(F)C2)c1COC. The van der Waals surface area contributed by atoms with Gasteiger partial charge in [0.2, 0.25) is 0 Å². The quantitative estimate of drug-likeness (QED) is 0.688. The second-order valence-electron chi connectivity index (χ2n) is 7.38. The summed E-state index contributed by atoms with van der Waals surface area (Å²) in [5.74, 6) is 1.44. The zero-order valence-electron chi connectivity index (χ0n) is 17.3. The maximum absolute atomic E-state index is 13.5. The van der Waals surface area contributed by atoms with Gasteiger partial charge in [-0.05, 0) is 23.6 Å². The van der Waals surface area contributed by atoms with Crippen molar-refractivity contribution in [1.29, 1.82) is 5.26 Å². The van der Waals surface area contributed by atoms with Crippen molar-refractivity contribution in [2.45, 2.75) is 52.3 Å². The molecular weight excluding hydrogens is 369 g/mol. The van der Waals surface area contributed by atoms with E-state index >= 15 is 0 Å². The van der Waals surface area contributed by atoms with Crippen LogP contribution in [0.15, 0.2) is 12.1 Å². The molecular formula is C22H28FN5O. The monoisotopic (exact) mass is 397 g/mol. The molecule has 0 amide bonds. The lowest BCUT2D eigenvalue weighted by molar-refractivity contribution is 0.182.